The Kier molecular flexibility index (Phi) is 4.08. The molecule has 0 aliphatic rings. The second-order valence-electron chi connectivity index (χ2n) is 3.17. The van der Waals surface area contributed by atoms with Crippen LogP contribution in [0.2, 0.25) is 10.3 Å². The largest absolute Gasteiger partial charge is 0.218 e. The summed E-state index contributed by atoms with van der Waals surface area (Å²) in [4.78, 5) is 7.69. The van der Waals surface area contributed by atoms with E-state index < -0.39 is 5.82 Å². The molecule has 0 radical (unpaired) electrons. The minimum atomic E-state index is -0.749. The lowest BCUT2D eigenvalue weighted by Gasteiger charge is -2.09. The number of halogens is 3. The number of aromatic nitrogens is 2. The highest BCUT2D eigenvalue weighted by Crippen LogP contribution is 2.24. The smallest absolute Gasteiger partial charge is 0.197 e. The van der Waals surface area contributed by atoms with Crippen molar-refractivity contribution in [1.29, 1.82) is 0 Å². The first-order valence-corrected chi connectivity index (χ1v) is 5.20. The Bertz CT molecular complexity index is 308. The molecular formula is C9H11Cl2FN2. The number of nitrogens with zero attached hydrogens (tertiary/aromatic N) is 2. The van der Waals surface area contributed by atoms with Crippen LogP contribution in [0.5, 0.6) is 0 Å². The van der Waals surface area contributed by atoms with Crippen molar-refractivity contribution in [1.82, 2.24) is 9.97 Å². The summed E-state index contributed by atoms with van der Waals surface area (Å²) in [6.07, 6.45) is 1.94. The monoisotopic (exact) mass is 236 g/mol. The Morgan fingerprint density at radius 3 is 2.21 bits per heavy atom. The van der Waals surface area contributed by atoms with E-state index in [2.05, 4.69) is 16.9 Å². The number of hydrogen-bond acceptors (Lipinski definition) is 2. The molecule has 1 aromatic heterocycles. The van der Waals surface area contributed by atoms with Gasteiger partial charge in [-0.15, -0.1) is 0 Å². The van der Waals surface area contributed by atoms with E-state index in [4.69, 9.17) is 23.2 Å². The van der Waals surface area contributed by atoms with Crippen molar-refractivity contribution in [3.8, 4) is 0 Å². The molecule has 5 heteroatoms. The summed E-state index contributed by atoms with van der Waals surface area (Å²) in [5.74, 6) is -0.0976. The first kappa shape index (κ1) is 11.7. The van der Waals surface area contributed by atoms with E-state index in [0.29, 0.717) is 5.82 Å². The molecule has 0 aliphatic carbocycles. The lowest BCUT2D eigenvalue weighted by Crippen LogP contribution is -2.03. The summed E-state index contributed by atoms with van der Waals surface area (Å²) in [6.45, 7) is 4.02. The van der Waals surface area contributed by atoms with Gasteiger partial charge in [-0.25, -0.2) is 14.4 Å². The fourth-order valence-electron chi connectivity index (χ4n) is 1.19. The highest BCUT2D eigenvalue weighted by Gasteiger charge is 2.14. The number of rotatable bonds is 3. The molecule has 0 spiro atoms. The fraction of sp³-hybridized carbons (Fsp3) is 0.556. The van der Waals surface area contributed by atoms with Gasteiger partial charge in [-0.1, -0.05) is 43.5 Å². The van der Waals surface area contributed by atoms with Gasteiger partial charge in [-0.05, 0) is 6.42 Å². The van der Waals surface area contributed by atoms with E-state index in [0.717, 1.165) is 12.8 Å². The van der Waals surface area contributed by atoms with Crippen LogP contribution in [0.1, 0.15) is 38.4 Å². The van der Waals surface area contributed by atoms with Crippen LogP contribution in [0.15, 0.2) is 0 Å². The summed E-state index contributed by atoms with van der Waals surface area (Å²) >= 11 is 11.1. The Balaban J connectivity index is 3.00. The van der Waals surface area contributed by atoms with Crippen molar-refractivity contribution in [2.24, 2.45) is 0 Å². The Morgan fingerprint density at radius 1 is 1.29 bits per heavy atom. The van der Waals surface area contributed by atoms with E-state index in [1.807, 2.05) is 6.92 Å². The van der Waals surface area contributed by atoms with E-state index in [-0.39, 0.29) is 16.2 Å². The minimum Gasteiger partial charge on any atom is -0.218 e. The van der Waals surface area contributed by atoms with Gasteiger partial charge in [-0.3, -0.25) is 0 Å². The van der Waals surface area contributed by atoms with Crippen LogP contribution < -0.4 is 0 Å². The van der Waals surface area contributed by atoms with Crippen molar-refractivity contribution in [2.75, 3.05) is 0 Å². The molecule has 0 aliphatic heterocycles. The fourth-order valence-corrected chi connectivity index (χ4v) is 1.59. The van der Waals surface area contributed by atoms with Gasteiger partial charge in [0, 0.05) is 5.92 Å². The van der Waals surface area contributed by atoms with Gasteiger partial charge in [0.15, 0.2) is 16.1 Å². The molecule has 1 heterocycles. The van der Waals surface area contributed by atoms with E-state index in [1.165, 1.54) is 0 Å². The van der Waals surface area contributed by atoms with Crippen LogP contribution in [0.4, 0.5) is 4.39 Å². The average Bonchev–Trinajstić information content (AvgIpc) is 2.13. The Morgan fingerprint density at radius 2 is 1.79 bits per heavy atom. The molecule has 0 fully saturated rings. The van der Waals surface area contributed by atoms with Gasteiger partial charge in [0.1, 0.15) is 5.82 Å². The summed E-state index contributed by atoms with van der Waals surface area (Å²) in [7, 11) is 0. The highest BCUT2D eigenvalue weighted by atomic mass is 35.5. The Labute approximate surface area is 92.5 Å². The summed E-state index contributed by atoms with van der Waals surface area (Å²) in [5.41, 5.74) is 0. The molecule has 78 valence electrons. The highest BCUT2D eigenvalue weighted by molar-refractivity contribution is 6.33. The van der Waals surface area contributed by atoms with Crippen molar-refractivity contribution >= 4 is 23.2 Å². The number of hydrogen-bond donors (Lipinski definition) is 0. The van der Waals surface area contributed by atoms with Crippen molar-refractivity contribution < 1.29 is 4.39 Å². The molecule has 0 saturated heterocycles. The SMILES string of the molecule is CCCC(C)c1nc(Cl)c(F)c(Cl)n1. The molecule has 14 heavy (non-hydrogen) atoms. The summed E-state index contributed by atoms with van der Waals surface area (Å²) in [5, 5.41) is -0.411. The quantitative estimate of drug-likeness (QED) is 0.746. The molecular weight excluding hydrogens is 226 g/mol. The third-order valence-corrected chi connectivity index (χ3v) is 2.45. The van der Waals surface area contributed by atoms with Crippen molar-refractivity contribution in [3.63, 3.8) is 0 Å². The molecule has 1 rings (SSSR count). The van der Waals surface area contributed by atoms with Crippen molar-refractivity contribution in [3.05, 3.63) is 21.9 Å². The average molecular weight is 237 g/mol. The summed E-state index contributed by atoms with van der Waals surface area (Å²) in [6, 6.07) is 0. The zero-order valence-electron chi connectivity index (χ0n) is 8.02. The van der Waals surface area contributed by atoms with Gasteiger partial charge in [0.2, 0.25) is 0 Å². The van der Waals surface area contributed by atoms with Crippen LogP contribution >= 0.6 is 23.2 Å². The van der Waals surface area contributed by atoms with Crippen LogP contribution in [0.3, 0.4) is 0 Å². The zero-order valence-corrected chi connectivity index (χ0v) is 9.53. The third-order valence-electron chi connectivity index (χ3n) is 1.95. The first-order chi connectivity index (χ1) is 6.56. The van der Waals surface area contributed by atoms with Gasteiger partial charge in [-0.2, -0.15) is 0 Å². The standard InChI is InChI=1S/C9H11Cl2FN2/c1-3-4-5(2)9-13-7(10)6(12)8(11)14-9/h5H,3-4H2,1-2H3. The van der Waals surface area contributed by atoms with Gasteiger partial charge >= 0.3 is 0 Å². The third kappa shape index (κ3) is 2.55. The van der Waals surface area contributed by atoms with Crippen molar-refractivity contribution in [2.45, 2.75) is 32.6 Å². The van der Waals surface area contributed by atoms with E-state index >= 15 is 0 Å². The lowest BCUT2D eigenvalue weighted by atomic mass is 10.1. The van der Waals surface area contributed by atoms with E-state index in [1.54, 1.807) is 0 Å². The van der Waals surface area contributed by atoms with Crippen LogP contribution in [0.25, 0.3) is 0 Å². The molecule has 0 bridgehead atoms. The first-order valence-electron chi connectivity index (χ1n) is 4.44. The maximum Gasteiger partial charge on any atom is 0.197 e. The molecule has 0 amide bonds. The van der Waals surface area contributed by atoms with E-state index in [9.17, 15) is 4.39 Å². The van der Waals surface area contributed by atoms with Gasteiger partial charge < -0.3 is 0 Å². The molecule has 1 atom stereocenters. The summed E-state index contributed by atoms with van der Waals surface area (Å²) < 4.78 is 13.0. The topological polar surface area (TPSA) is 25.8 Å². The van der Waals surface area contributed by atoms with Crippen LogP contribution in [-0.4, -0.2) is 9.97 Å². The molecule has 1 aromatic rings. The maximum atomic E-state index is 13.0. The molecule has 2 nitrogen and oxygen atoms in total. The normalized spacial score (nSPS) is 12.9. The van der Waals surface area contributed by atoms with Crippen LogP contribution in [0, 0.1) is 5.82 Å². The predicted octanol–water partition coefficient (Wildman–Crippen LogP) is 3.83. The zero-order chi connectivity index (χ0) is 10.7. The maximum absolute atomic E-state index is 13.0. The van der Waals surface area contributed by atoms with Gasteiger partial charge in [0.05, 0.1) is 0 Å². The van der Waals surface area contributed by atoms with Gasteiger partial charge in [0.25, 0.3) is 0 Å². The minimum absolute atomic E-state index is 0.149. The second kappa shape index (κ2) is 4.89. The molecule has 1 unspecified atom stereocenters. The lowest BCUT2D eigenvalue weighted by molar-refractivity contribution is 0.586. The van der Waals surface area contributed by atoms with Crippen LogP contribution in [-0.2, 0) is 0 Å². The molecule has 0 saturated carbocycles. The second-order valence-corrected chi connectivity index (χ2v) is 3.88. The molecule has 0 aromatic carbocycles. The Hall–Kier alpha value is -0.410. The predicted molar refractivity (Wildman–Crippen MR) is 55.3 cm³/mol. The molecule has 0 N–H and O–H groups in total.